The van der Waals surface area contributed by atoms with E-state index in [1.54, 1.807) is 30.5 Å². The zero-order valence-corrected chi connectivity index (χ0v) is 70.9. The molecule has 0 spiro atoms. The number of para-hydroxylation sites is 2. The molecule has 0 bridgehead atoms. The molecular weight excluding hydrogens is 1670 g/mol. The maximum absolute atomic E-state index is 15.0. The Kier molecular flexibility index (Phi) is 45.8. The highest BCUT2D eigenvalue weighted by Crippen LogP contribution is 2.22. The number of carboxylic acids is 4. The van der Waals surface area contributed by atoms with E-state index >= 15 is 0 Å². The first kappa shape index (κ1) is 106. The number of aliphatic hydroxyl groups is 1. The minimum absolute atomic E-state index is 0.187. The van der Waals surface area contributed by atoms with Crippen LogP contribution in [-0.4, -0.2) is 273 Å². The van der Waals surface area contributed by atoms with Crippen LogP contribution < -0.4 is 103 Å². The number of nitrogens with two attached hydrogens (primary N) is 4. The summed E-state index contributed by atoms with van der Waals surface area (Å²) in [5, 5.41) is 84.3. The molecule has 0 saturated carbocycles. The van der Waals surface area contributed by atoms with Gasteiger partial charge in [0.1, 0.15) is 72.6 Å². The van der Waals surface area contributed by atoms with Gasteiger partial charge in [0.15, 0.2) is 5.78 Å². The average molecular weight is 1790 g/mol. The van der Waals surface area contributed by atoms with Gasteiger partial charge in [-0.25, -0.2) is 9.59 Å². The highest BCUT2D eigenvalue weighted by atomic mass is 16.5. The number of urea groups is 1. The lowest BCUT2D eigenvalue weighted by Crippen LogP contribution is -2.62. The number of aliphatic hydroxyl groups excluding tert-OH is 1. The number of aromatic nitrogens is 1. The van der Waals surface area contributed by atoms with Crippen molar-refractivity contribution in [1.82, 2.24) is 84.7 Å². The number of rotatable bonds is 43. The van der Waals surface area contributed by atoms with Gasteiger partial charge in [-0.05, 0) is 82.2 Å². The van der Waals surface area contributed by atoms with Gasteiger partial charge in [-0.3, -0.25) is 91.1 Å². The van der Waals surface area contributed by atoms with Gasteiger partial charge in [-0.15, -0.1) is 0 Å². The standard InChI is InChI=1S/C80H118N20O27/c1-5-6-7-8-9-10-11-12-19-28-86-80(126)98-51(31-44-37-87-49-25-16-14-21-45(44)49)73(119)94-52(33-59(84)103)74(120)96-55(36-65(112)113)75(121)100-67-43(4)127-79(125)56(32-58(102)46-22-13-15-23-47(46)82)97-78(124)66(41(2)30-62(106)107)99-76(122)57(40-101)92-61(105)38-88-70(116)53(34-63(108)109)93-68(114)42(3)90-72(118)54(35-64(110)111)95-71(117)50(91-60(104)39-89-77(67)123)26-20-29-85-69(115)48(83)24-17-18-27-81/h13-16,21-23,25,37,41-43,48,50-57,66-67,87,101H,5-12,17-20,24,26-36,38-40,81-83H2,1-4H3,(H2,84,103)(H,85,115)(H,88,116)(H,89,123)(H,90,118)(H,91,104)(H,92,105)(H,93,114)(H,94,119)(H,95,117)(H,96,120)(H,97,124)(H,99,122)(H,100,121)(H,106,107)(H,108,109)(H,110,111)(H,112,113)(H2,86,98,126). The zero-order chi connectivity index (χ0) is 94.6. The lowest BCUT2D eigenvalue weighted by atomic mass is 9.96. The molecule has 2 heterocycles. The second kappa shape index (κ2) is 55.0. The molecule has 700 valence electrons. The van der Waals surface area contributed by atoms with Crippen LogP contribution in [0.15, 0.2) is 54.7 Å². The number of nitrogens with one attached hydrogen (secondary N) is 16. The van der Waals surface area contributed by atoms with Crippen LogP contribution >= 0.6 is 0 Å². The fraction of sp³-hybridized carbons (Fsp3) is 0.562. The number of amides is 16. The topological polar surface area (TPSA) is 769 Å². The van der Waals surface area contributed by atoms with E-state index in [1.165, 1.54) is 24.3 Å². The third-order valence-electron chi connectivity index (χ3n) is 20.0. The number of esters is 1. The van der Waals surface area contributed by atoms with E-state index in [0.29, 0.717) is 42.3 Å². The van der Waals surface area contributed by atoms with Crippen LogP contribution in [0.1, 0.15) is 172 Å². The lowest BCUT2D eigenvalue weighted by Gasteiger charge is -2.30. The second-order valence-electron chi connectivity index (χ2n) is 30.4. The molecule has 14 unspecified atom stereocenters. The summed E-state index contributed by atoms with van der Waals surface area (Å²) in [6.07, 6.45) is 1.04. The molecule has 47 nitrogen and oxygen atoms in total. The lowest BCUT2D eigenvalue weighted by molar-refractivity contribution is -0.156. The quantitative estimate of drug-likeness (QED) is 0.0109. The Morgan fingerprint density at radius 3 is 1.68 bits per heavy atom. The maximum atomic E-state index is 15.0. The Balaban J connectivity index is 1.90. The number of cyclic esters (lactones) is 1. The van der Waals surface area contributed by atoms with E-state index in [0.717, 1.165) is 72.1 Å². The third-order valence-corrected chi connectivity index (χ3v) is 20.0. The number of primary amides is 1. The van der Waals surface area contributed by atoms with E-state index in [2.05, 4.69) is 75.7 Å². The number of ether oxygens (including phenoxy) is 1. The number of carboxylic acid groups (broad SMARTS) is 4. The molecule has 4 rings (SSSR count). The Morgan fingerprint density at radius 1 is 0.528 bits per heavy atom. The number of aliphatic carboxylic acids is 4. The predicted octanol–water partition coefficient (Wildman–Crippen LogP) is -5.43. The molecule has 1 aliphatic rings. The fourth-order valence-corrected chi connectivity index (χ4v) is 13.0. The Morgan fingerprint density at radius 2 is 1.07 bits per heavy atom. The van der Waals surface area contributed by atoms with Gasteiger partial charge in [-0.1, -0.05) is 102 Å². The molecule has 2 aromatic carbocycles. The molecule has 1 saturated heterocycles. The van der Waals surface area contributed by atoms with E-state index in [-0.39, 0.29) is 43.6 Å². The van der Waals surface area contributed by atoms with Gasteiger partial charge in [0.2, 0.25) is 82.7 Å². The number of aromatic amines is 1. The minimum atomic E-state index is -2.50. The van der Waals surface area contributed by atoms with E-state index in [4.69, 9.17) is 27.7 Å². The summed E-state index contributed by atoms with van der Waals surface area (Å²) in [5.41, 5.74) is 23.9. The van der Waals surface area contributed by atoms with Crippen molar-refractivity contribution in [3.05, 3.63) is 65.9 Å². The van der Waals surface area contributed by atoms with Crippen molar-refractivity contribution in [2.24, 2.45) is 23.1 Å². The van der Waals surface area contributed by atoms with E-state index in [9.17, 15) is 126 Å². The summed E-state index contributed by atoms with van der Waals surface area (Å²) in [6.45, 7) is 1.39. The average Bonchev–Trinajstić information content (AvgIpc) is 1.78. The predicted molar refractivity (Wildman–Crippen MR) is 448 cm³/mol. The number of Topliss-reactive ketones (excluding diaryl/α,β-unsaturated/α-hetero) is 1. The van der Waals surface area contributed by atoms with Crippen LogP contribution in [0.25, 0.3) is 10.9 Å². The second-order valence-corrected chi connectivity index (χ2v) is 30.4. The van der Waals surface area contributed by atoms with Crippen molar-refractivity contribution in [1.29, 1.82) is 0 Å². The maximum Gasteiger partial charge on any atom is 0.329 e. The van der Waals surface area contributed by atoms with Crippen LogP contribution in [0.5, 0.6) is 0 Å². The first-order valence-corrected chi connectivity index (χ1v) is 41.4. The van der Waals surface area contributed by atoms with Gasteiger partial charge >= 0.3 is 35.9 Å². The molecular formula is C80H118N20O27. The number of unbranched alkanes of at least 4 members (excludes halogenated alkanes) is 9. The SMILES string of the molecule is CCCCCCCCCCCNC(=O)NC(Cc1c[nH]c2ccccc12)C(=O)NC(CC(N)=O)C(=O)NC(CC(=O)O)C(=O)NC1C(=O)NCC(=O)NC(CCCNC(=O)C(N)CCCCN)C(=O)NC(CC(=O)O)C(=O)NC(C)C(=O)NC(CC(=O)O)C(=O)NCC(=O)NC(CO)C(=O)NC(C(C)CC(=O)O)C(=O)NC(CC(=O)c2ccccc2N)C(=O)OC1C. The molecule has 1 aromatic heterocycles. The summed E-state index contributed by atoms with van der Waals surface area (Å²) < 4.78 is 5.72. The van der Waals surface area contributed by atoms with Crippen LogP contribution in [0, 0.1) is 5.92 Å². The van der Waals surface area contributed by atoms with Crippen LogP contribution in [-0.2, 0) is 102 Å². The van der Waals surface area contributed by atoms with E-state index in [1.807, 2.05) is 16.0 Å². The molecule has 0 radical (unpaired) electrons. The third kappa shape index (κ3) is 38.3. The number of anilines is 1. The number of fused-ring (bicyclic) bond motifs is 1. The molecule has 3 aromatic rings. The van der Waals surface area contributed by atoms with Gasteiger partial charge < -0.3 is 138 Å². The van der Waals surface area contributed by atoms with Gasteiger partial charge in [0.05, 0.1) is 57.8 Å². The molecule has 0 aliphatic carbocycles. The summed E-state index contributed by atoms with van der Waals surface area (Å²) in [6, 6.07) is -13.1. The Hall–Kier alpha value is -13.5. The van der Waals surface area contributed by atoms with Gasteiger partial charge in [-0.2, -0.15) is 0 Å². The summed E-state index contributed by atoms with van der Waals surface area (Å²) in [5.74, 6) is -30.5. The number of hydrogen-bond donors (Lipinski definition) is 25. The number of H-pyrrole nitrogens is 1. The Labute approximate surface area is 729 Å². The smallest absolute Gasteiger partial charge is 0.329 e. The van der Waals surface area contributed by atoms with Crippen molar-refractivity contribution in [3.8, 4) is 0 Å². The largest absolute Gasteiger partial charge is 0.481 e. The van der Waals surface area contributed by atoms with Crippen molar-refractivity contribution in [2.45, 2.75) is 241 Å². The highest BCUT2D eigenvalue weighted by molar-refractivity contribution is 6.05. The van der Waals surface area contributed by atoms with Crippen molar-refractivity contribution < 1.29 is 131 Å². The molecule has 127 heavy (non-hydrogen) atoms. The summed E-state index contributed by atoms with van der Waals surface area (Å²) in [4.78, 5) is 292. The van der Waals surface area contributed by atoms with Crippen molar-refractivity contribution >= 4 is 141 Å². The first-order valence-electron chi connectivity index (χ1n) is 41.4. The minimum Gasteiger partial charge on any atom is -0.481 e. The van der Waals surface area contributed by atoms with Crippen molar-refractivity contribution in [3.63, 3.8) is 0 Å². The fourth-order valence-electron chi connectivity index (χ4n) is 13.0. The number of carbonyl (C=O) groups excluding carboxylic acids is 17. The van der Waals surface area contributed by atoms with Crippen LogP contribution in [0.3, 0.4) is 0 Å². The molecule has 14 atom stereocenters. The van der Waals surface area contributed by atoms with Crippen LogP contribution in [0.2, 0.25) is 0 Å². The summed E-state index contributed by atoms with van der Waals surface area (Å²) >= 11 is 0. The van der Waals surface area contributed by atoms with Gasteiger partial charge in [0, 0.05) is 54.3 Å². The van der Waals surface area contributed by atoms with Crippen molar-refractivity contribution in [2.75, 3.05) is 45.1 Å². The van der Waals surface area contributed by atoms with Gasteiger partial charge in [0.25, 0.3) is 0 Å². The van der Waals surface area contributed by atoms with E-state index < -0.39 is 274 Å². The number of carbonyl (C=O) groups is 21. The molecule has 47 heteroatoms. The molecule has 29 N–H and O–H groups in total. The molecule has 16 amide bonds. The number of benzene rings is 2. The molecule has 1 fully saturated rings. The number of ketones is 1. The normalized spacial score (nSPS) is 20.5. The number of nitrogen functional groups attached to an aromatic ring is 1. The number of hydrogen-bond acceptors (Lipinski definition) is 26. The monoisotopic (exact) mass is 1790 g/mol. The van der Waals surface area contributed by atoms with Crippen LogP contribution in [0.4, 0.5) is 10.5 Å². The first-order chi connectivity index (χ1) is 60.2. The zero-order valence-electron chi connectivity index (χ0n) is 70.9. The summed E-state index contributed by atoms with van der Waals surface area (Å²) in [7, 11) is 0. The molecule has 1 aliphatic heterocycles. The Bertz CT molecular complexity index is 4370. The highest BCUT2D eigenvalue weighted by Gasteiger charge is 2.41.